The predicted molar refractivity (Wildman–Crippen MR) is 96.4 cm³/mol. The number of thiazole rings is 1. The van der Waals surface area contributed by atoms with Gasteiger partial charge in [0.1, 0.15) is 5.01 Å². The molecular formula is C16H17ClN4O2S. The summed E-state index contributed by atoms with van der Waals surface area (Å²) in [4.78, 5) is 11.2. The number of hydrogen-bond donors (Lipinski definition) is 1. The van der Waals surface area contributed by atoms with Gasteiger partial charge in [-0.15, -0.1) is 11.3 Å². The summed E-state index contributed by atoms with van der Waals surface area (Å²) in [5, 5.41) is 6.64. The summed E-state index contributed by atoms with van der Waals surface area (Å²) < 4.78 is 11.6. The van der Waals surface area contributed by atoms with Crippen LogP contribution in [0.5, 0.6) is 5.75 Å². The fraction of sp³-hybridized carbons (Fsp3) is 0.375. The quantitative estimate of drug-likeness (QED) is 0.768. The van der Waals surface area contributed by atoms with E-state index in [2.05, 4.69) is 27.1 Å². The van der Waals surface area contributed by atoms with Crippen molar-refractivity contribution in [2.24, 2.45) is 0 Å². The van der Waals surface area contributed by atoms with Crippen molar-refractivity contribution in [1.82, 2.24) is 15.3 Å². The summed E-state index contributed by atoms with van der Waals surface area (Å²) in [6.07, 6.45) is 1.76. The fourth-order valence-corrected chi connectivity index (χ4v) is 3.90. The molecule has 1 aliphatic rings. The molecule has 3 aromatic rings. The molecule has 0 unspecified atom stereocenters. The summed E-state index contributed by atoms with van der Waals surface area (Å²) in [5.41, 5.74) is 2.13. The molecule has 3 heterocycles. The number of aromatic nitrogens is 2. The van der Waals surface area contributed by atoms with E-state index >= 15 is 0 Å². The number of fused-ring (bicyclic) bond motifs is 1. The minimum atomic E-state index is 0.302. The van der Waals surface area contributed by atoms with Gasteiger partial charge in [-0.2, -0.15) is 4.98 Å². The summed E-state index contributed by atoms with van der Waals surface area (Å²) in [6.45, 7) is 4.79. The molecule has 1 aromatic carbocycles. The van der Waals surface area contributed by atoms with Gasteiger partial charge in [-0.1, -0.05) is 11.6 Å². The van der Waals surface area contributed by atoms with Gasteiger partial charge >= 0.3 is 0 Å². The average Bonchev–Trinajstić information content (AvgIpc) is 3.24. The van der Waals surface area contributed by atoms with Crippen LogP contribution in [0.1, 0.15) is 6.92 Å². The first-order valence-corrected chi connectivity index (χ1v) is 8.99. The highest BCUT2D eigenvalue weighted by Crippen LogP contribution is 2.42. The molecule has 0 saturated carbocycles. The van der Waals surface area contributed by atoms with E-state index in [0.717, 1.165) is 30.2 Å². The normalized spacial score (nSPS) is 18.3. The Morgan fingerprint density at radius 1 is 1.50 bits per heavy atom. The molecule has 0 spiro atoms. The Bertz CT molecular complexity index is 865. The van der Waals surface area contributed by atoms with E-state index in [0.29, 0.717) is 33.9 Å². The van der Waals surface area contributed by atoms with E-state index in [1.165, 1.54) is 11.3 Å². The zero-order valence-electron chi connectivity index (χ0n) is 13.4. The van der Waals surface area contributed by atoms with Gasteiger partial charge in [0.2, 0.25) is 0 Å². The lowest BCUT2D eigenvalue weighted by Gasteiger charge is -2.32. The van der Waals surface area contributed by atoms with Crippen molar-refractivity contribution in [2.75, 3.05) is 31.6 Å². The van der Waals surface area contributed by atoms with Crippen LogP contribution in [0.4, 0.5) is 6.01 Å². The van der Waals surface area contributed by atoms with Crippen molar-refractivity contribution in [3.63, 3.8) is 0 Å². The van der Waals surface area contributed by atoms with Crippen molar-refractivity contribution < 1.29 is 9.15 Å². The number of ether oxygens (including phenoxy) is 1. The number of halogens is 1. The molecule has 0 aliphatic carbocycles. The van der Waals surface area contributed by atoms with Gasteiger partial charge in [0.15, 0.2) is 16.8 Å². The Morgan fingerprint density at radius 2 is 2.38 bits per heavy atom. The van der Waals surface area contributed by atoms with E-state index in [1.807, 2.05) is 11.4 Å². The Hall–Kier alpha value is -1.83. The number of piperazine rings is 1. The van der Waals surface area contributed by atoms with Crippen LogP contribution in [0.15, 0.2) is 22.1 Å². The number of nitrogens with one attached hydrogen (secondary N) is 1. The van der Waals surface area contributed by atoms with Crippen molar-refractivity contribution >= 4 is 40.1 Å². The van der Waals surface area contributed by atoms with E-state index in [4.69, 9.17) is 20.8 Å². The maximum atomic E-state index is 6.40. The Labute approximate surface area is 148 Å². The van der Waals surface area contributed by atoms with Crippen LogP contribution in [0.2, 0.25) is 5.02 Å². The van der Waals surface area contributed by atoms with Crippen molar-refractivity contribution in [3.05, 3.63) is 22.7 Å². The molecule has 2 aromatic heterocycles. The molecule has 0 radical (unpaired) electrons. The van der Waals surface area contributed by atoms with Gasteiger partial charge in [0.25, 0.3) is 6.01 Å². The van der Waals surface area contributed by atoms with E-state index in [-0.39, 0.29) is 0 Å². The number of anilines is 1. The Kier molecular flexibility index (Phi) is 4.07. The largest absolute Gasteiger partial charge is 0.493 e. The Balaban J connectivity index is 1.91. The number of methoxy groups -OCH3 is 1. The van der Waals surface area contributed by atoms with Crippen molar-refractivity contribution in [1.29, 1.82) is 0 Å². The van der Waals surface area contributed by atoms with Gasteiger partial charge in [0.05, 0.1) is 17.7 Å². The third-order valence-electron chi connectivity index (χ3n) is 4.18. The molecule has 1 N–H and O–H groups in total. The molecule has 0 amide bonds. The summed E-state index contributed by atoms with van der Waals surface area (Å²) in [5.74, 6) is 0.532. The second-order valence-corrected chi connectivity index (χ2v) is 7.00. The lowest BCUT2D eigenvalue weighted by atomic mass is 10.2. The SMILES string of the molecule is COc1c(Cl)cc(-c2nccs2)c2oc(N3CCNC[C@@H]3C)nc12. The smallest absolute Gasteiger partial charge is 0.298 e. The maximum Gasteiger partial charge on any atom is 0.298 e. The average molecular weight is 365 g/mol. The monoisotopic (exact) mass is 364 g/mol. The highest BCUT2D eigenvalue weighted by molar-refractivity contribution is 7.13. The number of nitrogens with zero attached hydrogens (tertiary/aromatic N) is 3. The molecule has 4 rings (SSSR count). The topological polar surface area (TPSA) is 63.4 Å². The van der Waals surface area contributed by atoms with Gasteiger partial charge in [0, 0.05) is 37.3 Å². The second kappa shape index (κ2) is 6.23. The van der Waals surface area contributed by atoms with Crippen LogP contribution in [0, 0.1) is 0 Å². The first kappa shape index (κ1) is 15.7. The lowest BCUT2D eigenvalue weighted by molar-refractivity contribution is 0.419. The minimum Gasteiger partial charge on any atom is -0.493 e. The number of oxazole rings is 1. The van der Waals surface area contributed by atoms with Crippen molar-refractivity contribution in [3.8, 4) is 16.3 Å². The Morgan fingerprint density at radius 3 is 3.08 bits per heavy atom. The van der Waals surface area contributed by atoms with Crippen molar-refractivity contribution in [2.45, 2.75) is 13.0 Å². The lowest BCUT2D eigenvalue weighted by Crippen LogP contribution is -2.50. The van der Waals surface area contributed by atoms with Crippen LogP contribution in [-0.2, 0) is 0 Å². The van der Waals surface area contributed by atoms with Gasteiger partial charge in [-0.3, -0.25) is 0 Å². The van der Waals surface area contributed by atoms with Crippen LogP contribution < -0.4 is 15.0 Å². The van der Waals surface area contributed by atoms with E-state index < -0.39 is 0 Å². The molecule has 1 aliphatic heterocycles. The summed E-state index contributed by atoms with van der Waals surface area (Å²) in [6, 6.07) is 2.73. The number of benzene rings is 1. The standard InChI is InChI=1S/C16H17ClN4O2S/c1-9-8-18-3-5-21(9)16-20-12-13(23-16)10(15-19-4-6-24-15)7-11(17)14(12)22-2/h4,6-7,9,18H,3,5,8H2,1-2H3/t9-/m0/s1. The molecule has 1 atom stereocenters. The zero-order valence-corrected chi connectivity index (χ0v) is 14.9. The third-order valence-corrected chi connectivity index (χ3v) is 5.26. The maximum absolute atomic E-state index is 6.40. The first-order valence-electron chi connectivity index (χ1n) is 7.73. The minimum absolute atomic E-state index is 0.302. The molecule has 126 valence electrons. The summed E-state index contributed by atoms with van der Waals surface area (Å²) >= 11 is 7.93. The van der Waals surface area contributed by atoms with Gasteiger partial charge < -0.3 is 19.4 Å². The van der Waals surface area contributed by atoms with Crippen LogP contribution in [0.25, 0.3) is 21.7 Å². The van der Waals surface area contributed by atoms with E-state index in [1.54, 1.807) is 13.3 Å². The third kappa shape index (κ3) is 2.53. The van der Waals surface area contributed by atoms with Gasteiger partial charge in [-0.25, -0.2) is 4.98 Å². The molecule has 24 heavy (non-hydrogen) atoms. The molecule has 6 nitrogen and oxygen atoms in total. The van der Waals surface area contributed by atoms with E-state index in [9.17, 15) is 0 Å². The fourth-order valence-electron chi connectivity index (χ4n) is 2.97. The highest BCUT2D eigenvalue weighted by atomic mass is 35.5. The number of rotatable bonds is 3. The molecular weight excluding hydrogens is 348 g/mol. The molecule has 1 fully saturated rings. The highest BCUT2D eigenvalue weighted by Gasteiger charge is 2.26. The molecule has 0 bridgehead atoms. The van der Waals surface area contributed by atoms with Crippen LogP contribution in [-0.4, -0.2) is 42.8 Å². The second-order valence-electron chi connectivity index (χ2n) is 5.70. The number of hydrogen-bond acceptors (Lipinski definition) is 7. The first-order chi connectivity index (χ1) is 11.7. The van der Waals surface area contributed by atoms with Gasteiger partial charge in [-0.05, 0) is 13.0 Å². The molecule has 1 saturated heterocycles. The predicted octanol–water partition coefficient (Wildman–Crippen LogP) is 3.41. The summed E-state index contributed by atoms with van der Waals surface area (Å²) in [7, 11) is 1.59. The van der Waals surface area contributed by atoms with Crippen LogP contribution in [0.3, 0.4) is 0 Å². The molecule has 8 heteroatoms. The van der Waals surface area contributed by atoms with Crippen LogP contribution >= 0.6 is 22.9 Å². The zero-order chi connectivity index (χ0) is 16.7.